The van der Waals surface area contributed by atoms with E-state index in [4.69, 9.17) is 4.74 Å². The number of amides is 2. The third kappa shape index (κ3) is 4.71. The van der Waals surface area contributed by atoms with E-state index in [9.17, 15) is 19.5 Å². The van der Waals surface area contributed by atoms with Crippen LogP contribution in [0, 0.1) is 5.92 Å². The molecule has 7 nitrogen and oxygen atoms in total. The number of benzene rings is 1. The minimum Gasteiger partial charge on any atom is -0.494 e. The molecule has 0 unspecified atom stereocenters. The Morgan fingerprint density at radius 2 is 1.96 bits per heavy atom. The summed E-state index contributed by atoms with van der Waals surface area (Å²) in [6.07, 6.45) is 1.22. The van der Waals surface area contributed by atoms with Crippen molar-refractivity contribution in [3.8, 4) is 5.75 Å². The number of carboxylic acids is 1. The molecule has 25 heavy (non-hydrogen) atoms. The quantitative estimate of drug-likeness (QED) is 0.813. The van der Waals surface area contributed by atoms with Crippen molar-refractivity contribution >= 4 is 17.8 Å². The van der Waals surface area contributed by atoms with Crippen molar-refractivity contribution in [1.82, 2.24) is 10.2 Å². The highest BCUT2D eigenvalue weighted by Crippen LogP contribution is 2.23. The summed E-state index contributed by atoms with van der Waals surface area (Å²) < 4.78 is 5.32. The highest BCUT2D eigenvalue weighted by molar-refractivity contribution is 5.96. The summed E-state index contributed by atoms with van der Waals surface area (Å²) in [6.45, 7) is 4.53. The van der Waals surface area contributed by atoms with Gasteiger partial charge in [0.15, 0.2) is 0 Å². The minimum absolute atomic E-state index is 0.150. The fourth-order valence-corrected chi connectivity index (χ4v) is 3.05. The third-order valence-electron chi connectivity index (χ3n) is 4.45. The molecule has 2 amide bonds. The summed E-state index contributed by atoms with van der Waals surface area (Å²) in [5, 5.41) is 11.8. The molecule has 0 bridgehead atoms. The molecule has 1 fully saturated rings. The molecule has 2 N–H and O–H groups in total. The molecule has 1 aliphatic heterocycles. The first-order chi connectivity index (χ1) is 11.9. The number of hydrogen-bond acceptors (Lipinski definition) is 4. The highest BCUT2D eigenvalue weighted by atomic mass is 16.5. The van der Waals surface area contributed by atoms with E-state index in [0.717, 1.165) is 0 Å². The van der Waals surface area contributed by atoms with Gasteiger partial charge in [-0.3, -0.25) is 14.4 Å². The van der Waals surface area contributed by atoms with Crippen LogP contribution < -0.4 is 10.1 Å². The van der Waals surface area contributed by atoms with Crippen LogP contribution in [0.1, 0.15) is 37.0 Å². The molecule has 136 valence electrons. The van der Waals surface area contributed by atoms with Crippen LogP contribution in [0.3, 0.4) is 0 Å². The maximum absolute atomic E-state index is 12.4. The molecule has 0 saturated carbocycles. The van der Waals surface area contributed by atoms with Crippen LogP contribution in [0.5, 0.6) is 5.75 Å². The number of rotatable bonds is 6. The van der Waals surface area contributed by atoms with Crippen molar-refractivity contribution in [3.05, 3.63) is 29.8 Å². The van der Waals surface area contributed by atoms with Crippen LogP contribution in [0.4, 0.5) is 0 Å². The lowest BCUT2D eigenvalue weighted by atomic mass is 9.90. The SMILES string of the molecule is CCOc1ccc(C(=O)NCC(=O)N2CCC[C@H](C(=O)O)[C@@H]2C)cc1. The smallest absolute Gasteiger partial charge is 0.308 e. The molecule has 1 aromatic carbocycles. The summed E-state index contributed by atoms with van der Waals surface area (Å²) in [4.78, 5) is 37.3. The summed E-state index contributed by atoms with van der Waals surface area (Å²) in [6, 6.07) is 6.29. The second-order valence-electron chi connectivity index (χ2n) is 6.05. The number of likely N-dealkylation sites (tertiary alicyclic amines) is 1. The number of hydrogen-bond donors (Lipinski definition) is 2. The fraction of sp³-hybridized carbons (Fsp3) is 0.500. The van der Waals surface area contributed by atoms with Gasteiger partial charge >= 0.3 is 5.97 Å². The Hall–Kier alpha value is -2.57. The predicted molar refractivity (Wildman–Crippen MR) is 91.5 cm³/mol. The Bertz CT molecular complexity index is 629. The molecule has 0 radical (unpaired) electrons. The van der Waals surface area contributed by atoms with E-state index in [-0.39, 0.29) is 24.4 Å². The molecule has 0 aromatic heterocycles. The lowest BCUT2D eigenvalue weighted by molar-refractivity contribution is -0.148. The highest BCUT2D eigenvalue weighted by Gasteiger charge is 2.35. The van der Waals surface area contributed by atoms with E-state index >= 15 is 0 Å². The molecule has 2 rings (SSSR count). The van der Waals surface area contributed by atoms with Crippen molar-refractivity contribution in [2.45, 2.75) is 32.7 Å². The molecule has 2 atom stereocenters. The van der Waals surface area contributed by atoms with Gasteiger partial charge in [-0.15, -0.1) is 0 Å². The summed E-state index contributed by atoms with van der Waals surface area (Å²) in [5.74, 6) is -1.38. The topological polar surface area (TPSA) is 95.9 Å². The van der Waals surface area contributed by atoms with Crippen LogP contribution in [-0.2, 0) is 9.59 Å². The maximum atomic E-state index is 12.4. The predicted octanol–water partition coefficient (Wildman–Crippen LogP) is 1.53. The Labute approximate surface area is 147 Å². The molecule has 1 aromatic rings. The Morgan fingerprint density at radius 1 is 1.28 bits per heavy atom. The zero-order chi connectivity index (χ0) is 18.4. The average molecular weight is 348 g/mol. The van der Waals surface area contributed by atoms with Gasteiger partial charge in [-0.05, 0) is 51.0 Å². The molecule has 0 aliphatic carbocycles. The fourth-order valence-electron chi connectivity index (χ4n) is 3.05. The zero-order valence-electron chi connectivity index (χ0n) is 14.5. The van der Waals surface area contributed by atoms with Gasteiger partial charge < -0.3 is 20.1 Å². The largest absolute Gasteiger partial charge is 0.494 e. The molecule has 1 saturated heterocycles. The molecular formula is C18H24N2O5. The van der Waals surface area contributed by atoms with E-state index in [1.807, 2.05) is 6.92 Å². The lowest BCUT2D eigenvalue weighted by Crippen LogP contribution is -2.51. The first-order valence-corrected chi connectivity index (χ1v) is 8.47. The monoisotopic (exact) mass is 348 g/mol. The average Bonchev–Trinajstić information content (AvgIpc) is 2.60. The Morgan fingerprint density at radius 3 is 2.56 bits per heavy atom. The number of ether oxygens (including phenoxy) is 1. The van der Waals surface area contributed by atoms with Crippen molar-refractivity contribution in [3.63, 3.8) is 0 Å². The van der Waals surface area contributed by atoms with Gasteiger partial charge in [0.1, 0.15) is 5.75 Å². The molecule has 1 heterocycles. The zero-order valence-corrected chi connectivity index (χ0v) is 14.5. The van der Waals surface area contributed by atoms with Crippen LogP contribution in [0.15, 0.2) is 24.3 Å². The summed E-state index contributed by atoms with van der Waals surface area (Å²) in [7, 11) is 0. The van der Waals surface area contributed by atoms with E-state index < -0.39 is 11.9 Å². The van der Waals surface area contributed by atoms with Crippen molar-refractivity contribution in [1.29, 1.82) is 0 Å². The number of piperidine rings is 1. The number of carboxylic acid groups (broad SMARTS) is 1. The normalized spacial score (nSPS) is 20.0. The lowest BCUT2D eigenvalue weighted by Gasteiger charge is -2.37. The number of aliphatic carboxylic acids is 1. The van der Waals surface area contributed by atoms with Crippen LogP contribution in [0.25, 0.3) is 0 Å². The van der Waals surface area contributed by atoms with Gasteiger partial charge in [0.25, 0.3) is 5.91 Å². The van der Waals surface area contributed by atoms with E-state index in [0.29, 0.717) is 37.3 Å². The minimum atomic E-state index is -0.886. The van der Waals surface area contributed by atoms with Gasteiger partial charge in [0.05, 0.1) is 19.1 Å². The van der Waals surface area contributed by atoms with Crippen molar-refractivity contribution < 1.29 is 24.2 Å². The summed E-state index contributed by atoms with van der Waals surface area (Å²) in [5.41, 5.74) is 0.436. The molecule has 1 aliphatic rings. The molecule has 7 heteroatoms. The van der Waals surface area contributed by atoms with Crippen LogP contribution >= 0.6 is 0 Å². The first kappa shape index (κ1) is 18.8. The van der Waals surface area contributed by atoms with Gasteiger partial charge in [-0.1, -0.05) is 0 Å². The summed E-state index contributed by atoms with van der Waals surface area (Å²) >= 11 is 0. The van der Waals surface area contributed by atoms with Gasteiger partial charge in [0, 0.05) is 18.2 Å². The molecule has 0 spiro atoms. The Balaban J connectivity index is 1.90. The van der Waals surface area contributed by atoms with Crippen LogP contribution in [-0.4, -0.2) is 53.5 Å². The number of carbonyl (C=O) groups excluding carboxylic acids is 2. The first-order valence-electron chi connectivity index (χ1n) is 8.47. The second kappa shape index (κ2) is 8.50. The van der Waals surface area contributed by atoms with E-state index in [1.165, 1.54) is 0 Å². The number of nitrogens with zero attached hydrogens (tertiary/aromatic N) is 1. The van der Waals surface area contributed by atoms with Gasteiger partial charge in [-0.2, -0.15) is 0 Å². The van der Waals surface area contributed by atoms with Crippen LogP contribution in [0.2, 0.25) is 0 Å². The number of nitrogens with one attached hydrogen (secondary N) is 1. The standard InChI is InChI=1S/C18H24N2O5/c1-3-25-14-8-6-13(7-9-14)17(22)19-11-16(21)20-10-4-5-15(12(20)2)18(23)24/h6-9,12,15H,3-5,10-11H2,1-2H3,(H,19,22)(H,23,24)/t12-,15-/m0/s1. The van der Waals surface area contributed by atoms with Crippen molar-refractivity contribution in [2.24, 2.45) is 5.92 Å². The van der Waals surface area contributed by atoms with E-state index in [2.05, 4.69) is 5.32 Å². The van der Waals surface area contributed by atoms with Gasteiger partial charge in [0.2, 0.25) is 5.91 Å². The Kier molecular flexibility index (Phi) is 6.38. The maximum Gasteiger partial charge on any atom is 0.308 e. The van der Waals surface area contributed by atoms with Gasteiger partial charge in [-0.25, -0.2) is 0 Å². The second-order valence-corrected chi connectivity index (χ2v) is 6.05. The third-order valence-corrected chi connectivity index (χ3v) is 4.45. The molecular weight excluding hydrogens is 324 g/mol. The van der Waals surface area contributed by atoms with E-state index in [1.54, 1.807) is 36.1 Å². The number of carbonyl (C=O) groups is 3. The van der Waals surface area contributed by atoms with Crippen molar-refractivity contribution in [2.75, 3.05) is 19.7 Å².